The van der Waals surface area contributed by atoms with E-state index < -0.39 is 0 Å². The number of hydrogen-bond donors (Lipinski definition) is 0. The Labute approximate surface area is 82.2 Å². The second kappa shape index (κ2) is 11.4. The first-order chi connectivity index (χ1) is 6.04. The quantitative estimate of drug-likeness (QED) is 0.615. The zero-order chi connectivity index (χ0) is 10.7. The summed E-state index contributed by atoms with van der Waals surface area (Å²) in [5, 5.41) is 0. The highest BCUT2D eigenvalue weighted by Gasteiger charge is 1.79. The van der Waals surface area contributed by atoms with E-state index in [1.165, 1.54) is 0 Å². The molecule has 0 saturated heterocycles. The molecule has 0 aliphatic carbocycles. The first-order valence-electron chi connectivity index (χ1n) is 4.40. The van der Waals surface area contributed by atoms with E-state index in [1.54, 1.807) is 7.11 Å². The molecule has 0 radical (unpaired) electrons. The minimum absolute atomic E-state index is 0.681. The fourth-order valence-electron chi connectivity index (χ4n) is 0.523. The lowest BCUT2D eigenvalue weighted by atomic mass is 10.4. The Bertz CT molecular complexity index is 139. The fraction of sp³-hybridized carbons (Fsp3) is 0.636. The average molecular weight is 186 g/mol. The van der Waals surface area contributed by atoms with Crippen LogP contribution in [0.2, 0.25) is 0 Å². The van der Waals surface area contributed by atoms with Crippen molar-refractivity contribution in [3.05, 3.63) is 24.3 Å². The third-order valence-corrected chi connectivity index (χ3v) is 0.943. The molecule has 0 unspecified atom stereocenters. The lowest BCUT2D eigenvalue weighted by Gasteiger charge is -1.95. The highest BCUT2D eigenvalue weighted by Crippen LogP contribution is 1.85. The Kier molecular flexibility index (Phi) is 13.1. The van der Waals surface area contributed by atoms with Gasteiger partial charge in [-0.25, -0.2) is 0 Å². The van der Waals surface area contributed by atoms with Gasteiger partial charge in [-0.05, 0) is 20.8 Å². The van der Waals surface area contributed by atoms with Crippen LogP contribution in [0.3, 0.4) is 0 Å². The summed E-state index contributed by atoms with van der Waals surface area (Å²) in [6.07, 6.45) is 0. The van der Waals surface area contributed by atoms with Crippen molar-refractivity contribution in [1.29, 1.82) is 0 Å². The van der Waals surface area contributed by atoms with Crippen LogP contribution in [0.25, 0.3) is 0 Å². The summed E-state index contributed by atoms with van der Waals surface area (Å²) >= 11 is 0. The maximum atomic E-state index is 5.00. The molecule has 0 aromatic rings. The molecule has 0 amide bonds. The summed E-state index contributed by atoms with van der Waals surface area (Å²) in [6, 6.07) is 0. The van der Waals surface area contributed by atoms with Gasteiger partial charge in [-0.3, -0.25) is 0 Å². The predicted molar refractivity (Wildman–Crippen MR) is 58.0 cm³/mol. The molecule has 0 spiro atoms. The minimum Gasteiger partial charge on any atom is -0.380 e. The van der Waals surface area contributed by atoms with E-state index >= 15 is 0 Å². The SMILES string of the molecule is C=C(C)COC.C=C(C)COCC. The van der Waals surface area contributed by atoms with Crippen LogP contribution in [0.4, 0.5) is 0 Å². The predicted octanol–water partition coefficient (Wildman–Crippen LogP) is 2.81. The second-order valence-corrected chi connectivity index (χ2v) is 2.98. The zero-order valence-corrected chi connectivity index (χ0v) is 9.35. The Morgan fingerprint density at radius 2 is 1.54 bits per heavy atom. The average Bonchev–Trinajstić information content (AvgIpc) is 2.01. The topological polar surface area (TPSA) is 18.5 Å². The minimum atomic E-state index is 0.681. The fourth-order valence-corrected chi connectivity index (χ4v) is 0.523. The van der Waals surface area contributed by atoms with Crippen molar-refractivity contribution in [2.75, 3.05) is 26.9 Å². The van der Waals surface area contributed by atoms with Gasteiger partial charge >= 0.3 is 0 Å². The largest absolute Gasteiger partial charge is 0.380 e. The van der Waals surface area contributed by atoms with Gasteiger partial charge < -0.3 is 9.47 Å². The molecule has 0 aliphatic heterocycles. The van der Waals surface area contributed by atoms with E-state index in [0.717, 1.165) is 17.8 Å². The first kappa shape index (κ1) is 14.9. The monoisotopic (exact) mass is 186 g/mol. The van der Waals surface area contributed by atoms with Gasteiger partial charge in [0, 0.05) is 13.7 Å². The van der Waals surface area contributed by atoms with Crippen molar-refractivity contribution in [3.8, 4) is 0 Å². The standard InChI is InChI=1S/C6H12O.C5H10O/c1-4-7-5-6(2)3;1-5(2)4-6-3/h2,4-5H2,1,3H3;1,4H2,2-3H3. The Morgan fingerprint density at radius 1 is 1.08 bits per heavy atom. The Balaban J connectivity index is 0. The van der Waals surface area contributed by atoms with Gasteiger partial charge in [0.1, 0.15) is 0 Å². The molecule has 0 fully saturated rings. The molecule has 78 valence electrons. The lowest BCUT2D eigenvalue weighted by molar-refractivity contribution is 0.171. The summed E-state index contributed by atoms with van der Waals surface area (Å²) in [5.41, 5.74) is 2.15. The summed E-state index contributed by atoms with van der Waals surface area (Å²) < 4.78 is 9.70. The molecule has 13 heavy (non-hydrogen) atoms. The molecule has 0 heterocycles. The van der Waals surface area contributed by atoms with Crippen LogP contribution >= 0.6 is 0 Å². The van der Waals surface area contributed by atoms with Crippen molar-refractivity contribution in [2.24, 2.45) is 0 Å². The van der Waals surface area contributed by atoms with Crippen LogP contribution in [-0.2, 0) is 9.47 Å². The lowest BCUT2D eigenvalue weighted by Crippen LogP contribution is -1.92. The maximum Gasteiger partial charge on any atom is 0.0671 e. The van der Waals surface area contributed by atoms with Crippen LogP contribution in [-0.4, -0.2) is 26.9 Å². The molecular formula is C11H22O2. The highest BCUT2D eigenvalue weighted by molar-refractivity contribution is 4.87. The van der Waals surface area contributed by atoms with Crippen molar-refractivity contribution >= 4 is 0 Å². The van der Waals surface area contributed by atoms with E-state index in [0.29, 0.717) is 13.2 Å². The number of methoxy groups -OCH3 is 1. The molecule has 0 aliphatic rings. The molecule has 0 saturated carbocycles. The van der Waals surface area contributed by atoms with Crippen LogP contribution in [0.1, 0.15) is 20.8 Å². The van der Waals surface area contributed by atoms with Crippen molar-refractivity contribution in [3.63, 3.8) is 0 Å². The Hall–Kier alpha value is -0.600. The van der Waals surface area contributed by atoms with Crippen LogP contribution in [0, 0.1) is 0 Å². The van der Waals surface area contributed by atoms with Crippen LogP contribution in [0.5, 0.6) is 0 Å². The van der Waals surface area contributed by atoms with E-state index in [1.807, 2.05) is 20.8 Å². The van der Waals surface area contributed by atoms with E-state index in [4.69, 9.17) is 9.47 Å². The van der Waals surface area contributed by atoms with Crippen molar-refractivity contribution < 1.29 is 9.47 Å². The summed E-state index contributed by atoms with van der Waals surface area (Å²) in [6.45, 7) is 15.3. The van der Waals surface area contributed by atoms with Gasteiger partial charge in [0.05, 0.1) is 13.2 Å². The molecule has 0 N–H and O–H groups in total. The van der Waals surface area contributed by atoms with Gasteiger partial charge in [-0.2, -0.15) is 0 Å². The van der Waals surface area contributed by atoms with Gasteiger partial charge in [0.15, 0.2) is 0 Å². The van der Waals surface area contributed by atoms with Crippen LogP contribution < -0.4 is 0 Å². The number of rotatable bonds is 5. The third kappa shape index (κ3) is 24.6. The van der Waals surface area contributed by atoms with Crippen LogP contribution in [0.15, 0.2) is 24.3 Å². The molecular weight excluding hydrogens is 164 g/mol. The summed E-state index contributed by atoms with van der Waals surface area (Å²) in [7, 11) is 1.66. The van der Waals surface area contributed by atoms with E-state index in [-0.39, 0.29) is 0 Å². The van der Waals surface area contributed by atoms with E-state index in [9.17, 15) is 0 Å². The van der Waals surface area contributed by atoms with Gasteiger partial charge in [-0.1, -0.05) is 24.3 Å². The molecule has 0 aromatic heterocycles. The summed E-state index contributed by atoms with van der Waals surface area (Å²) in [4.78, 5) is 0. The van der Waals surface area contributed by atoms with E-state index in [2.05, 4.69) is 13.2 Å². The van der Waals surface area contributed by atoms with Crippen molar-refractivity contribution in [2.45, 2.75) is 20.8 Å². The second-order valence-electron chi connectivity index (χ2n) is 2.98. The first-order valence-corrected chi connectivity index (χ1v) is 4.40. The molecule has 0 atom stereocenters. The maximum absolute atomic E-state index is 5.00. The molecule has 0 rings (SSSR count). The molecule has 2 heteroatoms. The molecule has 0 aromatic carbocycles. The third-order valence-electron chi connectivity index (χ3n) is 0.943. The van der Waals surface area contributed by atoms with Gasteiger partial charge in [0.25, 0.3) is 0 Å². The van der Waals surface area contributed by atoms with Crippen molar-refractivity contribution in [1.82, 2.24) is 0 Å². The Morgan fingerprint density at radius 3 is 1.62 bits per heavy atom. The number of ether oxygens (including phenoxy) is 2. The number of hydrogen-bond acceptors (Lipinski definition) is 2. The smallest absolute Gasteiger partial charge is 0.0671 e. The highest BCUT2D eigenvalue weighted by atomic mass is 16.5. The molecule has 2 nitrogen and oxygen atoms in total. The zero-order valence-electron chi connectivity index (χ0n) is 9.35. The summed E-state index contributed by atoms with van der Waals surface area (Å²) in [5.74, 6) is 0. The molecule has 0 bridgehead atoms. The van der Waals surface area contributed by atoms with Gasteiger partial charge in [-0.15, -0.1) is 0 Å². The van der Waals surface area contributed by atoms with Gasteiger partial charge in [0.2, 0.25) is 0 Å². The normalized spacial score (nSPS) is 8.62.